The summed E-state index contributed by atoms with van der Waals surface area (Å²) in [6.07, 6.45) is 8.20. The zero-order valence-electron chi connectivity index (χ0n) is 14.3. The number of para-hydroxylation sites is 1. The first-order valence-electron chi connectivity index (χ1n) is 8.23. The van der Waals surface area contributed by atoms with Crippen LogP contribution in [0.25, 0.3) is 6.08 Å². The van der Waals surface area contributed by atoms with Gasteiger partial charge in [0.1, 0.15) is 11.4 Å². The number of ether oxygens (including phenoxy) is 1. The topological polar surface area (TPSA) is 46.5 Å². The molecule has 0 radical (unpaired) electrons. The molecule has 1 saturated carbocycles. The Bertz CT molecular complexity index is 540. The summed E-state index contributed by atoms with van der Waals surface area (Å²) >= 11 is 0. The van der Waals surface area contributed by atoms with Crippen LogP contribution < -0.4 is 0 Å². The van der Waals surface area contributed by atoms with Gasteiger partial charge >= 0.3 is 5.97 Å². The lowest BCUT2D eigenvalue weighted by molar-refractivity contribution is -0.158. The summed E-state index contributed by atoms with van der Waals surface area (Å²) < 4.78 is 5.55. The number of aromatic hydroxyl groups is 1. The zero-order chi connectivity index (χ0) is 17.3. The molecular formula is C20H28O3. The minimum atomic E-state index is -0.228. The number of benzene rings is 1. The molecule has 0 spiro atoms. The number of carbonyl (C=O) groups excluding carboxylic acids is 1. The van der Waals surface area contributed by atoms with Crippen LogP contribution in [0.5, 0.6) is 5.75 Å². The Balaban J connectivity index is 0.000000253. The molecule has 0 bridgehead atoms. The second kappa shape index (κ2) is 9.19. The first kappa shape index (κ1) is 19.0. The Morgan fingerprint density at radius 1 is 1.30 bits per heavy atom. The lowest BCUT2D eigenvalue weighted by Gasteiger charge is -2.36. The van der Waals surface area contributed by atoms with Crippen molar-refractivity contribution in [3.63, 3.8) is 0 Å². The van der Waals surface area contributed by atoms with Gasteiger partial charge in [-0.25, -0.2) is 4.79 Å². The van der Waals surface area contributed by atoms with E-state index in [9.17, 15) is 4.79 Å². The van der Waals surface area contributed by atoms with Crippen LogP contribution in [0.15, 0.2) is 43.0 Å². The molecule has 126 valence electrons. The second-order valence-corrected chi connectivity index (χ2v) is 6.03. The Labute approximate surface area is 139 Å². The van der Waals surface area contributed by atoms with Crippen LogP contribution in [0.1, 0.15) is 57.9 Å². The molecule has 1 aromatic carbocycles. The van der Waals surface area contributed by atoms with Crippen molar-refractivity contribution in [3.05, 3.63) is 48.6 Å². The maximum atomic E-state index is 11.5. The molecule has 0 heterocycles. The molecule has 0 aromatic heterocycles. The van der Waals surface area contributed by atoms with E-state index in [0.717, 1.165) is 24.8 Å². The lowest BCUT2D eigenvalue weighted by atomic mass is 9.82. The van der Waals surface area contributed by atoms with Crippen LogP contribution >= 0.6 is 0 Å². The summed E-state index contributed by atoms with van der Waals surface area (Å²) in [5, 5.41) is 9.04. The zero-order valence-corrected chi connectivity index (χ0v) is 14.3. The summed E-state index contributed by atoms with van der Waals surface area (Å²) in [4.78, 5) is 11.5. The van der Waals surface area contributed by atoms with E-state index >= 15 is 0 Å². The Morgan fingerprint density at radius 3 is 2.35 bits per heavy atom. The molecule has 1 fully saturated rings. The van der Waals surface area contributed by atoms with E-state index < -0.39 is 0 Å². The van der Waals surface area contributed by atoms with Crippen molar-refractivity contribution in [2.45, 2.75) is 58.0 Å². The van der Waals surface area contributed by atoms with Crippen LogP contribution in [-0.2, 0) is 9.53 Å². The average molecular weight is 316 g/mol. The van der Waals surface area contributed by atoms with Crippen molar-refractivity contribution < 1.29 is 14.6 Å². The molecule has 0 saturated heterocycles. The fourth-order valence-corrected chi connectivity index (χ4v) is 2.67. The third-order valence-electron chi connectivity index (χ3n) is 4.22. The fourth-order valence-electron chi connectivity index (χ4n) is 2.67. The largest absolute Gasteiger partial charge is 0.507 e. The van der Waals surface area contributed by atoms with Crippen molar-refractivity contribution in [2.24, 2.45) is 0 Å². The van der Waals surface area contributed by atoms with Crippen molar-refractivity contribution in [1.82, 2.24) is 0 Å². The Kier molecular flexibility index (Phi) is 7.60. The normalized spacial score (nSPS) is 15.7. The molecule has 1 aliphatic rings. The number of rotatable bonds is 4. The van der Waals surface area contributed by atoms with Gasteiger partial charge in [0.25, 0.3) is 0 Å². The van der Waals surface area contributed by atoms with E-state index in [1.807, 2.05) is 12.1 Å². The smallest absolute Gasteiger partial charge is 0.333 e. The van der Waals surface area contributed by atoms with Crippen molar-refractivity contribution in [3.8, 4) is 5.75 Å². The molecule has 3 nitrogen and oxygen atoms in total. The highest BCUT2D eigenvalue weighted by Crippen LogP contribution is 2.34. The van der Waals surface area contributed by atoms with Gasteiger partial charge in [-0.1, -0.05) is 50.8 Å². The van der Waals surface area contributed by atoms with Crippen LogP contribution in [0.3, 0.4) is 0 Å². The molecule has 3 heteroatoms. The van der Waals surface area contributed by atoms with E-state index in [1.165, 1.54) is 19.3 Å². The van der Waals surface area contributed by atoms with Gasteiger partial charge in [-0.2, -0.15) is 0 Å². The molecule has 2 rings (SSSR count). The van der Waals surface area contributed by atoms with Crippen molar-refractivity contribution in [1.29, 1.82) is 0 Å². The van der Waals surface area contributed by atoms with Gasteiger partial charge in [0.15, 0.2) is 0 Å². The van der Waals surface area contributed by atoms with Crippen LogP contribution in [0.4, 0.5) is 0 Å². The number of phenols is 1. The summed E-state index contributed by atoms with van der Waals surface area (Å²) in [5.41, 5.74) is 1.09. The molecule has 0 unspecified atom stereocenters. The minimum absolute atomic E-state index is 0.186. The quantitative estimate of drug-likeness (QED) is 0.609. The predicted octanol–water partition coefficient (Wildman–Crippen LogP) is 5.25. The summed E-state index contributed by atoms with van der Waals surface area (Å²) in [6, 6.07) is 7.08. The highest BCUT2D eigenvalue weighted by atomic mass is 16.6. The summed E-state index contributed by atoms with van der Waals surface area (Å²) in [6.45, 7) is 10.9. The van der Waals surface area contributed by atoms with E-state index in [2.05, 4.69) is 20.1 Å². The SMILES string of the molecule is C=C(C)C(=O)OC1(CC)CCCCC1.C=Cc1ccccc1O. The molecule has 1 N–H and O–H groups in total. The molecule has 1 aromatic rings. The van der Waals surface area contributed by atoms with Gasteiger partial charge in [-0.3, -0.25) is 0 Å². The highest BCUT2D eigenvalue weighted by molar-refractivity contribution is 5.87. The van der Waals surface area contributed by atoms with Gasteiger partial charge in [-0.15, -0.1) is 0 Å². The summed E-state index contributed by atoms with van der Waals surface area (Å²) in [7, 11) is 0. The standard InChI is InChI=1S/C12H20O2.C8H8O/c1-4-12(8-6-5-7-9-12)14-11(13)10(2)3;1-2-7-5-3-4-6-8(7)9/h2,4-9H2,1,3H3;2-6,9H,1H2. The van der Waals surface area contributed by atoms with Gasteiger partial charge in [0.2, 0.25) is 0 Å². The number of esters is 1. The van der Waals surface area contributed by atoms with Gasteiger partial charge < -0.3 is 9.84 Å². The van der Waals surface area contributed by atoms with Gasteiger partial charge in [-0.05, 0) is 45.1 Å². The molecular weight excluding hydrogens is 288 g/mol. The molecule has 0 aliphatic heterocycles. The van der Waals surface area contributed by atoms with Gasteiger partial charge in [0, 0.05) is 11.1 Å². The van der Waals surface area contributed by atoms with E-state index in [0.29, 0.717) is 5.57 Å². The minimum Gasteiger partial charge on any atom is -0.507 e. The van der Waals surface area contributed by atoms with Crippen molar-refractivity contribution in [2.75, 3.05) is 0 Å². The third-order valence-corrected chi connectivity index (χ3v) is 4.22. The molecule has 0 amide bonds. The predicted molar refractivity (Wildman–Crippen MR) is 95.2 cm³/mol. The fraction of sp³-hybridized carbons (Fsp3) is 0.450. The van der Waals surface area contributed by atoms with Crippen LogP contribution in [0.2, 0.25) is 0 Å². The first-order valence-corrected chi connectivity index (χ1v) is 8.23. The van der Waals surface area contributed by atoms with Crippen LogP contribution in [0, 0.1) is 0 Å². The number of carbonyl (C=O) groups is 1. The number of hydrogen-bond acceptors (Lipinski definition) is 3. The maximum Gasteiger partial charge on any atom is 0.333 e. The van der Waals surface area contributed by atoms with E-state index in [-0.39, 0.29) is 17.3 Å². The molecule has 0 atom stereocenters. The monoisotopic (exact) mass is 316 g/mol. The summed E-state index contributed by atoms with van der Waals surface area (Å²) in [5.74, 6) is 0.0567. The van der Waals surface area contributed by atoms with Crippen LogP contribution in [-0.4, -0.2) is 16.7 Å². The number of hydrogen-bond donors (Lipinski definition) is 1. The average Bonchev–Trinajstić information content (AvgIpc) is 2.56. The van der Waals surface area contributed by atoms with E-state index in [4.69, 9.17) is 9.84 Å². The second-order valence-electron chi connectivity index (χ2n) is 6.03. The Hall–Kier alpha value is -2.03. The number of phenolic OH excluding ortho intramolecular Hbond substituents is 1. The van der Waals surface area contributed by atoms with Gasteiger partial charge in [0.05, 0.1) is 0 Å². The molecule has 1 aliphatic carbocycles. The van der Waals surface area contributed by atoms with Crippen molar-refractivity contribution >= 4 is 12.0 Å². The first-order chi connectivity index (χ1) is 10.9. The lowest BCUT2D eigenvalue weighted by Crippen LogP contribution is -2.36. The van der Waals surface area contributed by atoms with E-state index in [1.54, 1.807) is 25.1 Å². The molecule has 23 heavy (non-hydrogen) atoms. The Morgan fingerprint density at radius 2 is 1.91 bits per heavy atom. The maximum absolute atomic E-state index is 11.5. The highest BCUT2D eigenvalue weighted by Gasteiger charge is 2.33. The third kappa shape index (κ3) is 5.93.